The maximum Gasteiger partial charge on any atom is 0.200 e. The lowest BCUT2D eigenvalue weighted by atomic mass is 10.1. The van der Waals surface area contributed by atoms with Gasteiger partial charge in [0.2, 0.25) is 0 Å². The molecule has 0 spiro atoms. The summed E-state index contributed by atoms with van der Waals surface area (Å²) in [7, 11) is 0. The van der Waals surface area contributed by atoms with Gasteiger partial charge in [-0.15, -0.1) is 0 Å². The van der Waals surface area contributed by atoms with Gasteiger partial charge in [-0.05, 0) is 30.7 Å². The Morgan fingerprint density at radius 2 is 2.05 bits per heavy atom. The summed E-state index contributed by atoms with van der Waals surface area (Å²) in [6, 6.07) is 10.8. The van der Waals surface area contributed by atoms with Crippen LogP contribution in [0.4, 0.5) is 4.39 Å². The Morgan fingerprint density at radius 3 is 2.79 bits per heavy atom. The van der Waals surface area contributed by atoms with Crippen LogP contribution in [0.5, 0.6) is 5.75 Å². The molecule has 2 aromatic carbocycles. The Bertz CT molecular complexity index is 611. The first-order valence-electron chi connectivity index (χ1n) is 5.74. The molecule has 0 atom stereocenters. The number of rotatable bonds is 4. The fraction of sp³-hybridized carbons (Fsp3) is 0.133. The van der Waals surface area contributed by atoms with Crippen LogP contribution in [0.15, 0.2) is 42.5 Å². The highest BCUT2D eigenvalue weighted by atomic mass is 35.5. The topological polar surface area (TPSA) is 26.3 Å². The van der Waals surface area contributed by atoms with Crippen molar-refractivity contribution >= 4 is 17.4 Å². The number of hydrogen-bond acceptors (Lipinski definition) is 2. The summed E-state index contributed by atoms with van der Waals surface area (Å²) in [6.45, 7) is 1.64. The van der Waals surface area contributed by atoms with Gasteiger partial charge in [-0.1, -0.05) is 29.8 Å². The van der Waals surface area contributed by atoms with Crippen molar-refractivity contribution in [1.82, 2.24) is 0 Å². The van der Waals surface area contributed by atoms with Gasteiger partial charge in [-0.25, -0.2) is 4.39 Å². The van der Waals surface area contributed by atoms with E-state index in [4.69, 9.17) is 16.3 Å². The molecule has 4 heteroatoms. The number of benzene rings is 2. The molecule has 0 aliphatic carbocycles. The van der Waals surface area contributed by atoms with E-state index < -0.39 is 5.82 Å². The van der Waals surface area contributed by atoms with Crippen LogP contribution >= 0.6 is 11.6 Å². The summed E-state index contributed by atoms with van der Waals surface area (Å²) < 4.78 is 18.4. The number of carbonyl (C=O) groups is 1. The van der Waals surface area contributed by atoms with Gasteiger partial charge in [0.1, 0.15) is 11.6 Å². The molecule has 0 aliphatic rings. The van der Waals surface area contributed by atoms with E-state index in [-0.39, 0.29) is 12.4 Å². The standard InChI is InChI=1S/C15H12ClFO2/c1-10-5-6-13(17)8-15(10)19-9-14(18)11-3-2-4-12(16)7-11/h2-8H,9H2,1H3. The number of Topliss-reactive ketones (excluding diaryl/α,β-unsaturated/α-hetero) is 1. The molecule has 0 saturated carbocycles. The minimum absolute atomic E-state index is 0.148. The first-order valence-corrected chi connectivity index (χ1v) is 6.12. The smallest absolute Gasteiger partial charge is 0.200 e. The maximum absolute atomic E-state index is 13.1. The van der Waals surface area contributed by atoms with Gasteiger partial charge in [0.25, 0.3) is 0 Å². The number of ether oxygens (including phenoxy) is 1. The second kappa shape index (κ2) is 5.85. The van der Waals surface area contributed by atoms with Gasteiger partial charge in [0.05, 0.1) is 0 Å². The zero-order chi connectivity index (χ0) is 13.8. The highest BCUT2D eigenvalue weighted by Crippen LogP contribution is 2.19. The van der Waals surface area contributed by atoms with E-state index in [1.165, 1.54) is 12.1 Å². The van der Waals surface area contributed by atoms with E-state index in [0.29, 0.717) is 16.3 Å². The summed E-state index contributed by atoms with van der Waals surface area (Å²) in [5.74, 6) is -0.225. The summed E-state index contributed by atoms with van der Waals surface area (Å²) in [6.07, 6.45) is 0. The van der Waals surface area contributed by atoms with Gasteiger partial charge in [-0.3, -0.25) is 4.79 Å². The highest BCUT2D eigenvalue weighted by Gasteiger charge is 2.09. The van der Waals surface area contributed by atoms with Crippen molar-refractivity contribution in [3.63, 3.8) is 0 Å². The van der Waals surface area contributed by atoms with E-state index in [1.54, 1.807) is 37.3 Å². The van der Waals surface area contributed by atoms with E-state index in [9.17, 15) is 9.18 Å². The Labute approximate surface area is 115 Å². The third kappa shape index (κ3) is 3.55. The monoisotopic (exact) mass is 278 g/mol. The highest BCUT2D eigenvalue weighted by molar-refractivity contribution is 6.31. The van der Waals surface area contributed by atoms with Crippen molar-refractivity contribution in [1.29, 1.82) is 0 Å². The molecule has 0 N–H and O–H groups in total. The van der Waals surface area contributed by atoms with Gasteiger partial charge in [0, 0.05) is 16.7 Å². The Hall–Kier alpha value is -1.87. The Kier molecular flexibility index (Phi) is 4.17. The largest absolute Gasteiger partial charge is 0.485 e. The van der Waals surface area contributed by atoms with Crippen molar-refractivity contribution < 1.29 is 13.9 Å². The fourth-order valence-corrected chi connectivity index (χ4v) is 1.81. The zero-order valence-electron chi connectivity index (χ0n) is 10.3. The summed E-state index contributed by atoms with van der Waals surface area (Å²) in [5, 5.41) is 0.493. The van der Waals surface area contributed by atoms with E-state index in [0.717, 1.165) is 5.56 Å². The van der Waals surface area contributed by atoms with Gasteiger partial charge in [0.15, 0.2) is 12.4 Å². The third-order valence-electron chi connectivity index (χ3n) is 2.66. The van der Waals surface area contributed by atoms with E-state index >= 15 is 0 Å². The second-order valence-corrected chi connectivity index (χ2v) is 4.57. The van der Waals surface area contributed by atoms with E-state index in [2.05, 4.69) is 0 Å². The first-order chi connectivity index (χ1) is 9.06. The molecule has 2 rings (SSSR count). The van der Waals surface area contributed by atoms with E-state index in [1.807, 2.05) is 0 Å². The van der Waals surface area contributed by atoms with Gasteiger partial charge >= 0.3 is 0 Å². The van der Waals surface area contributed by atoms with Crippen molar-refractivity contribution in [3.05, 3.63) is 64.4 Å². The summed E-state index contributed by atoms with van der Waals surface area (Å²) in [4.78, 5) is 11.9. The minimum Gasteiger partial charge on any atom is -0.485 e. The van der Waals surface area contributed by atoms with Crippen LogP contribution in [-0.2, 0) is 0 Å². The lowest BCUT2D eigenvalue weighted by Gasteiger charge is -2.08. The molecule has 0 aromatic heterocycles. The van der Waals surface area contributed by atoms with Crippen LogP contribution in [0.3, 0.4) is 0 Å². The Balaban J connectivity index is 2.06. The molecular formula is C15H12ClFO2. The van der Waals surface area contributed by atoms with Crippen molar-refractivity contribution in [2.24, 2.45) is 0 Å². The number of aryl methyl sites for hydroxylation is 1. The molecule has 0 radical (unpaired) electrons. The van der Waals surface area contributed by atoms with Crippen LogP contribution in [0.25, 0.3) is 0 Å². The SMILES string of the molecule is Cc1ccc(F)cc1OCC(=O)c1cccc(Cl)c1. The van der Waals surface area contributed by atoms with Crippen LogP contribution in [0.1, 0.15) is 15.9 Å². The first kappa shape index (κ1) is 13.6. The molecule has 0 aliphatic heterocycles. The average molecular weight is 279 g/mol. The number of hydrogen-bond donors (Lipinski definition) is 0. The summed E-state index contributed by atoms with van der Waals surface area (Å²) >= 11 is 5.81. The Morgan fingerprint density at radius 1 is 1.26 bits per heavy atom. The maximum atomic E-state index is 13.1. The molecule has 0 unspecified atom stereocenters. The predicted octanol–water partition coefficient (Wildman–Crippen LogP) is 4.05. The molecule has 98 valence electrons. The molecule has 2 nitrogen and oxygen atoms in total. The van der Waals surface area contributed by atoms with Gasteiger partial charge in [-0.2, -0.15) is 0 Å². The number of carbonyl (C=O) groups excluding carboxylic acids is 1. The molecule has 2 aromatic rings. The predicted molar refractivity (Wildman–Crippen MR) is 72.4 cm³/mol. The zero-order valence-corrected chi connectivity index (χ0v) is 11.1. The summed E-state index contributed by atoms with van der Waals surface area (Å²) in [5.41, 5.74) is 1.25. The normalized spacial score (nSPS) is 10.3. The molecule has 0 saturated heterocycles. The molecule has 0 bridgehead atoms. The lowest BCUT2D eigenvalue weighted by molar-refractivity contribution is 0.0921. The van der Waals surface area contributed by atoms with Crippen LogP contribution in [-0.4, -0.2) is 12.4 Å². The lowest BCUT2D eigenvalue weighted by Crippen LogP contribution is -2.12. The average Bonchev–Trinajstić information content (AvgIpc) is 2.39. The van der Waals surface area contributed by atoms with Crippen LogP contribution in [0, 0.1) is 12.7 Å². The van der Waals surface area contributed by atoms with Crippen LogP contribution in [0.2, 0.25) is 5.02 Å². The minimum atomic E-state index is -0.393. The van der Waals surface area contributed by atoms with Gasteiger partial charge < -0.3 is 4.74 Å². The van der Waals surface area contributed by atoms with Crippen LogP contribution < -0.4 is 4.74 Å². The second-order valence-electron chi connectivity index (χ2n) is 4.13. The molecular weight excluding hydrogens is 267 g/mol. The molecule has 0 amide bonds. The van der Waals surface area contributed by atoms with Crippen molar-refractivity contribution in [2.45, 2.75) is 6.92 Å². The number of ketones is 1. The molecule has 19 heavy (non-hydrogen) atoms. The number of halogens is 2. The third-order valence-corrected chi connectivity index (χ3v) is 2.89. The molecule has 0 fully saturated rings. The quantitative estimate of drug-likeness (QED) is 0.789. The van der Waals surface area contributed by atoms with Crippen molar-refractivity contribution in [2.75, 3.05) is 6.61 Å². The molecule has 0 heterocycles. The van der Waals surface area contributed by atoms with Crippen molar-refractivity contribution in [3.8, 4) is 5.75 Å². The fourth-order valence-electron chi connectivity index (χ4n) is 1.62.